The maximum absolute atomic E-state index is 11.3. The Kier molecular flexibility index (Phi) is 5.71. The van der Waals surface area contributed by atoms with Crippen LogP contribution in [0.5, 0.6) is 5.75 Å². The van der Waals surface area contributed by atoms with Gasteiger partial charge in [0.05, 0.1) is 4.90 Å². The highest BCUT2D eigenvalue weighted by molar-refractivity contribution is 8.13. The smallest absolute Gasteiger partial charge is 0.261 e. The van der Waals surface area contributed by atoms with Crippen LogP contribution in [0.15, 0.2) is 34.2 Å². The molecule has 0 radical (unpaired) electrons. The van der Waals surface area contributed by atoms with Crippen LogP contribution < -0.4 is 4.74 Å². The van der Waals surface area contributed by atoms with Crippen molar-refractivity contribution in [3.05, 3.63) is 34.9 Å². The Morgan fingerprint density at radius 1 is 1.42 bits per heavy atom. The second-order valence-corrected chi connectivity index (χ2v) is 7.32. The van der Waals surface area contributed by atoms with E-state index in [1.165, 1.54) is 11.6 Å². The van der Waals surface area contributed by atoms with Gasteiger partial charge in [0.2, 0.25) is 0 Å². The summed E-state index contributed by atoms with van der Waals surface area (Å²) in [6.45, 7) is 6.12. The van der Waals surface area contributed by atoms with E-state index in [4.69, 9.17) is 27.0 Å². The molecule has 1 aromatic carbocycles. The van der Waals surface area contributed by atoms with Gasteiger partial charge in [0, 0.05) is 16.2 Å². The van der Waals surface area contributed by atoms with Crippen molar-refractivity contribution in [1.82, 2.24) is 0 Å². The predicted molar refractivity (Wildman–Crippen MR) is 78.7 cm³/mol. The first-order valence-electron chi connectivity index (χ1n) is 5.73. The minimum Gasteiger partial charge on any atom is -0.489 e. The third kappa shape index (κ3) is 4.71. The third-order valence-corrected chi connectivity index (χ3v) is 4.25. The molecule has 0 aliphatic carbocycles. The van der Waals surface area contributed by atoms with Gasteiger partial charge in [-0.05, 0) is 42.2 Å². The zero-order valence-electron chi connectivity index (χ0n) is 11.0. The molecule has 0 saturated heterocycles. The summed E-state index contributed by atoms with van der Waals surface area (Å²) < 4.78 is 28.3. The minimum absolute atomic E-state index is 0.0785. The zero-order valence-corrected chi connectivity index (χ0v) is 13.3. The third-order valence-electron chi connectivity index (χ3n) is 2.53. The molecule has 0 unspecified atom stereocenters. The first-order valence-corrected chi connectivity index (χ1v) is 8.47. The fourth-order valence-corrected chi connectivity index (χ4v) is 2.33. The number of hydrogen-bond donors (Lipinski definition) is 0. The quantitative estimate of drug-likeness (QED) is 0.761. The van der Waals surface area contributed by atoms with Crippen molar-refractivity contribution >= 4 is 31.3 Å². The van der Waals surface area contributed by atoms with Crippen LogP contribution >= 0.6 is 22.3 Å². The lowest BCUT2D eigenvalue weighted by Crippen LogP contribution is -2.03. The van der Waals surface area contributed by atoms with Gasteiger partial charge < -0.3 is 4.74 Å². The number of ether oxygens (including phenoxy) is 1. The van der Waals surface area contributed by atoms with Gasteiger partial charge in [-0.25, -0.2) is 8.42 Å². The maximum Gasteiger partial charge on any atom is 0.261 e. The van der Waals surface area contributed by atoms with E-state index in [1.807, 2.05) is 20.8 Å². The molecule has 3 nitrogen and oxygen atoms in total. The maximum atomic E-state index is 11.3. The molecule has 0 aliphatic heterocycles. The molecule has 1 rings (SSSR count). The molecule has 0 amide bonds. The van der Waals surface area contributed by atoms with Crippen LogP contribution in [0.4, 0.5) is 0 Å². The van der Waals surface area contributed by atoms with Gasteiger partial charge >= 0.3 is 0 Å². The second-order valence-electron chi connectivity index (χ2n) is 4.54. The SMILES string of the molecule is C/C(=C\Cl)COc1ccc(S(=O)(=O)Cl)cc1C(C)C. The number of rotatable bonds is 5. The molecule has 0 atom stereocenters. The van der Waals surface area contributed by atoms with Gasteiger partial charge in [0.25, 0.3) is 9.05 Å². The van der Waals surface area contributed by atoms with Crippen molar-refractivity contribution in [3.8, 4) is 5.75 Å². The normalized spacial score (nSPS) is 12.8. The van der Waals surface area contributed by atoms with Crippen molar-refractivity contribution in [2.45, 2.75) is 31.6 Å². The van der Waals surface area contributed by atoms with Crippen LogP contribution in [0.3, 0.4) is 0 Å². The standard InChI is InChI=1S/C13H16Cl2O3S/c1-9(2)12-6-11(19(15,16)17)4-5-13(12)18-8-10(3)7-14/h4-7,9H,8H2,1-3H3/b10-7+. The molecule has 0 fully saturated rings. The van der Waals surface area contributed by atoms with Crippen molar-refractivity contribution in [1.29, 1.82) is 0 Å². The van der Waals surface area contributed by atoms with Gasteiger partial charge in [0.15, 0.2) is 0 Å². The molecular formula is C13H16Cl2O3S. The molecule has 0 saturated carbocycles. The van der Waals surface area contributed by atoms with E-state index in [0.29, 0.717) is 12.4 Å². The van der Waals surface area contributed by atoms with Crippen molar-refractivity contribution < 1.29 is 13.2 Å². The molecule has 0 heterocycles. The highest BCUT2D eigenvalue weighted by Gasteiger charge is 2.15. The largest absolute Gasteiger partial charge is 0.489 e. The van der Waals surface area contributed by atoms with Gasteiger partial charge in [-0.2, -0.15) is 0 Å². The highest BCUT2D eigenvalue weighted by atomic mass is 35.7. The lowest BCUT2D eigenvalue weighted by Gasteiger charge is -2.15. The van der Waals surface area contributed by atoms with Crippen molar-refractivity contribution in [2.75, 3.05) is 6.61 Å². The van der Waals surface area contributed by atoms with Crippen LogP contribution in [0.1, 0.15) is 32.3 Å². The second kappa shape index (κ2) is 6.64. The zero-order chi connectivity index (χ0) is 14.6. The topological polar surface area (TPSA) is 43.4 Å². The first-order chi connectivity index (χ1) is 8.75. The molecule has 0 aliphatic rings. The van der Waals surface area contributed by atoms with E-state index in [0.717, 1.165) is 11.1 Å². The van der Waals surface area contributed by atoms with Gasteiger partial charge in [-0.15, -0.1) is 0 Å². The van der Waals surface area contributed by atoms with Gasteiger partial charge in [-0.3, -0.25) is 0 Å². The van der Waals surface area contributed by atoms with Crippen LogP contribution in [0.2, 0.25) is 0 Å². The first kappa shape index (κ1) is 16.3. The lowest BCUT2D eigenvalue weighted by molar-refractivity contribution is 0.347. The molecule has 0 spiro atoms. The van der Waals surface area contributed by atoms with Crippen LogP contribution in [-0.2, 0) is 9.05 Å². The Hall–Kier alpha value is -0.710. The fraction of sp³-hybridized carbons (Fsp3) is 0.385. The summed E-state index contributed by atoms with van der Waals surface area (Å²) in [6, 6.07) is 4.59. The minimum atomic E-state index is -3.73. The lowest BCUT2D eigenvalue weighted by atomic mass is 10.0. The molecule has 0 aromatic heterocycles. The molecule has 106 valence electrons. The van der Waals surface area contributed by atoms with E-state index < -0.39 is 9.05 Å². The summed E-state index contributed by atoms with van der Waals surface area (Å²) >= 11 is 5.57. The molecule has 1 aromatic rings. The van der Waals surface area contributed by atoms with Crippen LogP contribution in [-0.4, -0.2) is 15.0 Å². The van der Waals surface area contributed by atoms with Gasteiger partial charge in [0.1, 0.15) is 12.4 Å². The van der Waals surface area contributed by atoms with E-state index >= 15 is 0 Å². The molecule has 19 heavy (non-hydrogen) atoms. The van der Waals surface area contributed by atoms with E-state index in [9.17, 15) is 8.42 Å². The molecule has 6 heteroatoms. The average molecular weight is 323 g/mol. The van der Waals surface area contributed by atoms with Crippen molar-refractivity contribution in [3.63, 3.8) is 0 Å². The Morgan fingerprint density at radius 2 is 2.05 bits per heavy atom. The number of hydrogen-bond acceptors (Lipinski definition) is 3. The van der Waals surface area contributed by atoms with E-state index in [-0.39, 0.29) is 10.8 Å². The summed E-state index contributed by atoms with van der Waals surface area (Å²) in [7, 11) is 1.62. The number of halogens is 2. The highest BCUT2D eigenvalue weighted by Crippen LogP contribution is 2.30. The monoisotopic (exact) mass is 322 g/mol. The van der Waals surface area contributed by atoms with Crippen LogP contribution in [0.25, 0.3) is 0 Å². The fourth-order valence-electron chi connectivity index (χ4n) is 1.48. The van der Waals surface area contributed by atoms with E-state index in [1.54, 1.807) is 12.1 Å². The summed E-state index contributed by atoms with van der Waals surface area (Å²) in [5, 5.41) is 0. The Bertz CT molecular complexity index is 578. The summed E-state index contributed by atoms with van der Waals surface area (Å²) in [5.74, 6) is 0.755. The Morgan fingerprint density at radius 3 is 2.53 bits per heavy atom. The summed E-state index contributed by atoms with van der Waals surface area (Å²) in [6.07, 6.45) is 0. The Labute approximate surface area is 123 Å². The van der Waals surface area contributed by atoms with Crippen LogP contribution in [0, 0.1) is 0 Å². The van der Waals surface area contributed by atoms with Crippen molar-refractivity contribution in [2.24, 2.45) is 0 Å². The van der Waals surface area contributed by atoms with E-state index in [2.05, 4.69) is 0 Å². The van der Waals surface area contributed by atoms with Gasteiger partial charge in [-0.1, -0.05) is 25.4 Å². The summed E-state index contributed by atoms with van der Waals surface area (Å²) in [5.41, 5.74) is 3.13. The summed E-state index contributed by atoms with van der Waals surface area (Å²) in [4.78, 5) is 0.0785. The average Bonchev–Trinajstić information content (AvgIpc) is 2.34. The number of benzene rings is 1. The molecular weight excluding hydrogens is 307 g/mol. The Balaban J connectivity index is 3.12. The molecule has 0 bridgehead atoms. The predicted octanol–water partition coefficient (Wildman–Crippen LogP) is 4.26. The molecule has 0 N–H and O–H groups in total.